The number of hydrogen-bond donors (Lipinski definition) is 4. The van der Waals surface area contributed by atoms with Gasteiger partial charge in [-0.3, -0.25) is 23.5 Å². The Morgan fingerprint density at radius 1 is 0.580 bits per heavy atom. The van der Waals surface area contributed by atoms with Crippen molar-refractivity contribution in [2.75, 3.05) is 13.1 Å². The minimum absolute atomic E-state index is 0.00301. The van der Waals surface area contributed by atoms with Gasteiger partial charge in [0, 0.05) is 51.1 Å². The van der Waals surface area contributed by atoms with E-state index in [2.05, 4.69) is 23.6 Å². The average molecular weight is 1440 g/mol. The maximum absolute atomic E-state index is 13.2. The molecule has 13 rings (SSSR count). The summed E-state index contributed by atoms with van der Waals surface area (Å²) < 4.78 is 165. The second-order valence-corrected chi connectivity index (χ2v) is 33.9. The number of amides is 3. The monoisotopic (exact) mass is 1440 g/mol. The van der Waals surface area contributed by atoms with E-state index in [1.54, 1.807) is 54.6 Å². The summed E-state index contributed by atoms with van der Waals surface area (Å²) in [5.41, 5.74) is 8.34. The van der Waals surface area contributed by atoms with Crippen molar-refractivity contribution < 1.29 is 85.4 Å². The average Bonchev–Trinajstić information content (AvgIpc) is 1.33. The Labute approximate surface area is 580 Å². The number of nitrogens with zero attached hydrogens (tertiary/aromatic N) is 1. The third kappa shape index (κ3) is 11.9. The van der Waals surface area contributed by atoms with Crippen molar-refractivity contribution in [3.8, 4) is 47.7 Å². The lowest BCUT2D eigenvalue weighted by Crippen LogP contribution is -2.32. The summed E-state index contributed by atoms with van der Waals surface area (Å²) in [4.78, 5) is 52.5. The highest BCUT2D eigenvalue weighted by atomic mass is 32.2. The fourth-order valence-corrected chi connectivity index (χ4v) is 18.0. The van der Waals surface area contributed by atoms with Crippen LogP contribution >= 0.6 is 0 Å². The highest BCUT2D eigenvalue weighted by Crippen LogP contribution is 2.55. The van der Waals surface area contributed by atoms with E-state index < -0.39 is 105 Å². The molecule has 0 bridgehead atoms. The molecule has 7 aliphatic rings. The molecule has 0 saturated carbocycles. The Morgan fingerprint density at radius 2 is 0.950 bits per heavy atom. The number of terminal acetylenes is 2. The van der Waals surface area contributed by atoms with Gasteiger partial charge in [0.25, 0.3) is 38.0 Å². The fraction of sp³-hybridized carbons (Fsp3) is 0.351. The molecular formula is C74H73N3O19S4-2. The molecule has 3 heterocycles. The van der Waals surface area contributed by atoms with Gasteiger partial charge in [-0.1, -0.05) is 131 Å². The van der Waals surface area contributed by atoms with E-state index in [9.17, 15) is 71.1 Å². The molecule has 4 atom stereocenters. The second-order valence-electron chi connectivity index (χ2n) is 28.5. The maximum Gasteiger partial charge on any atom is 0.363 e. The van der Waals surface area contributed by atoms with Gasteiger partial charge in [-0.2, -0.15) is 16.8 Å². The van der Waals surface area contributed by atoms with Crippen molar-refractivity contribution in [2.24, 2.45) is 29.4 Å². The Kier molecular flexibility index (Phi) is 17.9. The summed E-state index contributed by atoms with van der Waals surface area (Å²) in [6.07, 6.45) is 13.8. The summed E-state index contributed by atoms with van der Waals surface area (Å²) in [7, 11) is -20.3. The van der Waals surface area contributed by atoms with E-state index in [0.717, 1.165) is 0 Å². The van der Waals surface area contributed by atoms with Crippen molar-refractivity contribution in [1.29, 1.82) is 0 Å². The number of imide groups is 1. The highest BCUT2D eigenvalue weighted by Gasteiger charge is 2.48. The van der Waals surface area contributed by atoms with Crippen molar-refractivity contribution >= 4 is 87.5 Å². The van der Waals surface area contributed by atoms with E-state index in [4.69, 9.17) is 26.5 Å². The van der Waals surface area contributed by atoms with Crippen LogP contribution in [0.5, 0.6) is 23.0 Å². The van der Waals surface area contributed by atoms with Crippen molar-refractivity contribution in [3.05, 3.63) is 160 Å². The van der Waals surface area contributed by atoms with E-state index in [1.807, 2.05) is 89.2 Å². The van der Waals surface area contributed by atoms with E-state index in [1.165, 1.54) is 24.3 Å². The van der Waals surface area contributed by atoms with Crippen LogP contribution in [0.3, 0.4) is 0 Å². The number of ether oxygens (including phenoxy) is 2. The van der Waals surface area contributed by atoms with Gasteiger partial charge in [0.2, 0.25) is 0 Å². The number of rotatable bonds is 10. The third-order valence-electron chi connectivity index (χ3n) is 21.6. The number of nitrogens with one attached hydrogen (secondary N) is 1. The predicted octanol–water partition coefficient (Wildman–Crippen LogP) is 6.90. The number of hydroxylamine groups is 2. The number of hydrogen-bond acceptors (Lipinski definition) is 18. The van der Waals surface area contributed by atoms with Gasteiger partial charge < -0.3 is 34.5 Å². The molecular weight excluding hydrogens is 1360 g/mol. The summed E-state index contributed by atoms with van der Waals surface area (Å²) in [6, 6.07) is 19.4. The van der Waals surface area contributed by atoms with Gasteiger partial charge in [-0.15, -0.1) is 17.9 Å². The molecule has 26 heteroatoms. The zero-order valence-electron chi connectivity index (χ0n) is 56.8. The smallest absolute Gasteiger partial charge is 0.363 e. The summed E-state index contributed by atoms with van der Waals surface area (Å²) in [5, 5.41) is 3.92. The molecule has 4 unspecified atom stereocenters. The van der Waals surface area contributed by atoms with Crippen molar-refractivity contribution in [1.82, 2.24) is 10.4 Å². The quantitative estimate of drug-likeness (QED) is 0.0614. The molecule has 100 heavy (non-hydrogen) atoms. The largest absolute Gasteiger partial charge is 0.744 e. The molecule has 6 aromatic carbocycles. The fourth-order valence-electron chi connectivity index (χ4n) is 14.6. The Hall–Kier alpha value is -8.80. The van der Waals surface area contributed by atoms with Crippen LogP contribution in [0.1, 0.15) is 172 Å². The topological polar surface area (TPSA) is 360 Å². The second kappa shape index (κ2) is 24.8. The predicted molar refractivity (Wildman–Crippen MR) is 367 cm³/mol. The first-order chi connectivity index (χ1) is 46.3. The molecule has 3 aliphatic heterocycles. The molecule has 22 nitrogen and oxygen atoms in total. The summed E-state index contributed by atoms with van der Waals surface area (Å²) in [6.45, 7) is 23.8. The van der Waals surface area contributed by atoms with Gasteiger partial charge in [0.15, 0.2) is 23.0 Å². The molecule has 524 valence electrons. The first-order valence-corrected chi connectivity index (χ1v) is 37.7. The SMILES string of the molecule is C#CCN.C#CCNC(=O)c1ccc(C2=c3cc4c(c(S(=O)(=O)[O-])c3Oc3c2cc2c(c3S(=O)(=O)O)CC(C)C2(C)C)=CC(C)C4(C)C)cc1.CC1C=c2c(cc3c(c2S(=O)(=O)[O-])Oc2c(cc4c(c2S(=O)(=O)O)CC(C)C4(C)C)C=3c2ccc(C(=O)ON3C(=O)CCC3=O)cc2)C1(C)C. The zero-order chi connectivity index (χ0) is 73.6. The third-order valence-corrected chi connectivity index (χ3v) is 25.3. The maximum atomic E-state index is 13.2. The first-order valence-electron chi connectivity index (χ1n) is 32.0. The summed E-state index contributed by atoms with van der Waals surface area (Å²) >= 11 is 0. The van der Waals surface area contributed by atoms with Crippen LogP contribution in [0.4, 0.5) is 0 Å². The molecule has 1 saturated heterocycles. The standard InChI is InChI=1S/C36H35NO11S2.C35H35NO8S2.C3H5N/c1-17-13-21-25(35(17,3)4)15-23-29(19-7-9-20(10-8-19)34(40)48-37-27(38)11-12-28(37)39)24-16-26-22(14-18(2)36(26,5)6)33(50(44,45)46)31(24)47-30(23)32(21)49(41,42)43;1-8-13-36-33(37)21-11-9-20(10-12-21)28-24-16-26-22(14-18(2)34(26,4)5)31(45(38,39)40)29(24)44-30-25(28)17-27-23(32(30)46(41,42)43)15-19(3)35(27,6)7;1-2-3-4/h7-10,13,15-18H,11-12,14H2,1-6H3,(H,41,42,43)(H,44,45,46);1,9-12,14,16-19H,13,15H2,2-7H3,(H,36,37)(H,38,39,40)(H,41,42,43);1H,3-4H2/p-2. The minimum atomic E-state index is -5.23. The molecule has 4 aliphatic carbocycles. The number of carbonyl (C=O) groups excluding carboxylic acids is 4. The molecule has 1 fully saturated rings. The summed E-state index contributed by atoms with van der Waals surface area (Å²) in [5.74, 6) is 0.292. The van der Waals surface area contributed by atoms with Crippen LogP contribution in [0.2, 0.25) is 0 Å². The van der Waals surface area contributed by atoms with Crippen LogP contribution < -0.4 is 41.4 Å². The Bertz CT molecular complexity index is 5490. The number of fused-ring (bicyclic) bond motifs is 8. The van der Waals surface area contributed by atoms with Crippen LogP contribution in [0, 0.1) is 48.4 Å². The Morgan fingerprint density at radius 3 is 1.29 bits per heavy atom. The van der Waals surface area contributed by atoms with E-state index in [0.29, 0.717) is 84.8 Å². The first kappa shape index (κ1) is 72.5. The zero-order valence-corrected chi connectivity index (χ0v) is 60.0. The van der Waals surface area contributed by atoms with E-state index in [-0.39, 0.29) is 104 Å². The Balaban J connectivity index is 0.000000192. The van der Waals surface area contributed by atoms with Crippen molar-refractivity contribution in [2.45, 2.75) is 150 Å². The molecule has 0 spiro atoms. The normalized spacial score (nSPS) is 20.4. The number of nitrogens with two attached hydrogens (primary N) is 1. The minimum Gasteiger partial charge on any atom is -0.744 e. The van der Waals surface area contributed by atoms with Crippen LogP contribution in [-0.4, -0.2) is 93.7 Å². The highest BCUT2D eigenvalue weighted by molar-refractivity contribution is 7.86. The van der Waals surface area contributed by atoms with Crippen molar-refractivity contribution in [3.63, 3.8) is 0 Å². The van der Waals surface area contributed by atoms with Gasteiger partial charge in [-0.25, -0.2) is 21.6 Å². The van der Waals surface area contributed by atoms with Gasteiger partial charge >= 0.3 is 5.97 Å². The van der Waals surface area contributed by atoms with Crippen LogP contribution in [-0.2, 0) is 89.4 Å². The van der Waals surface area contributed by atoms with Gasteiger partial charge in [-0.05, 0) is 162 Å². The van der Waals surface area contributed by atoms with Crippen LogP contribution in [0.15, 0.2) is 92.4 Å². The lowest BCUT2D eigenvalue weighted by Gasteiger charge is -2.31. The molecule has 0 radical (unpaired) electrons. The van der Waals surface area contributed by atoms with Gasteiger partial charge in [0.05, 0.1) is 18.7 Å². The number of carbonyl (C=O) groups is 4. The van der Waals surface area contributed by atoms with Gasteiger partial charge in [0.1, 0.15) is 39.8 Å². The lowest BCUT2D eigenvalue weighted by atomic mass is 9.77. The molecule has 5 N–H and O–H groups in total. The molecule has 3 amide bonds. The van der Waals surface area contributed by atoms with E-state index >= 15 is 0 Å². The number of benzene rings is 6. The molecule has 0 aromatic heterocycles. The lowest BCUT2D eigenvalue weighted by molar-refractivity contribution is -0.172. The molecule has 6 aromatic rings. The van der Waals surface area contributed by atoms with Crippen LogP contribution in [0.25, 0.3) is 23.3 Å².